The highest BCUT2D eigenvalue weighted by molar-refractivity contribution is 5.63. The maximum absolute atomic E-state index is 2.64. The number of hydrogen-bond donors (Lipinski definition) is 0. The molecular formula is C16H17N. The highest BCUT2D eigenvalue weighted by atomic mass is 15.1. The third-order valence-corrected chi connectivity index (χ3v) is 4.07. The van der Waals surface area contributed by atoms with Crippen LogP contribution in [0.1, 0.15) is 36.6 Å². The second kappa shape index (κ2) is 3.49. The van der Waals surface area contributed by atoms with Crippen LogP contribution in [0, 0.1) is 0 Å². The van der Waals surface area contributed by atoms with Gasteiger partial charge in [0.1, 0.15) is 0 Å². The first-order valence-corrected chi connectivity index (χ1v) is 6.72. The average Bonchev–Trinajstić information content (AvgIpc) is 2.99. The second-order valence-electron chi connectivity index (χ2n) is 5.32. The highest BCUT2D eigenvalue weighted by Gasteiger charge is 2.31. The molecule has 4 rings (SSSR count). The zero-order valence-corrected chi connectivity index (χ0v) is 10.0. The first-order chi connectivity index (χ1) is 8.43. The molecule has 0 bridgehead atoms. The van der Waals surface area contributed by atoms with Gasteiger partial charge >= 0.3 is 0 Å². The van der Waals surface area contributed by atoms with E-state index >= 15 is 0 Å². The normalized spacial score (nSPS) is 18.4. The minimum absolute atomic E-state index is 0.798. The van der Waals surface area contributed by atoms with E-state index in [0.717, 1.165) is 6.04 Å². The predicted molar refractivity (Wildman–Crippen MR) is 70.2 cm³/mol. The first kappa shape index (κ1) is 9.52. The Balaban J connectivity index is 1.90. The molecule has 1 nitrogen and oxygen atoms in total. The molecule has 0 spiro atoms. The molecule has 0 saturated heterocycles. The van der Waals surface area contributed by atoms with Gasteiger partial charge in [0.15, 0.2) is 0 Å². The molecule has 1 heterocycles. The summed E-state index contributed by atoms with van der Waals surface area (Å²) in [6.45, 7) is 0. The average molecular weight is 223 g/mol. The Labute approximate surface area is 102 Å². The Hall–Kier alpha value is -1.50. The molecule has 0 N–H and O–H groups in total. The van der Waals surface area contributed by atoms with Crippen molar-refractivity contribution in [2.45, 2.75) is 38.1 Å². The Morgan fingerprint density at radius 1 is 1.00 bits per heavy atom. The molecule has 0 aliphatic heterocycles. The van der Waals surface area contributed by atoms with E-state index in [0.29, 0.717) is 0 Å². The van der Waals surface area contributed by atoms with Gasteiger partial charge in [-0.2, -0.15) is 0 Å². The van der Waals surface area contributed by atoms with Gasteiger partial charge in [-0.25, -0.2) is 0 Å². The lowest BCUT2D eigenvalue weighted by Crippen LogP contribution is -2.01. The van der Waals surface area contributed by atoms with E-state index in [1.54, 1.807) is 11.3 Å². The van der Waals surface area contributed by atoms with Crippen molar-refractivity contribution >= 4 is 0 Å². The van der Waals surface area contributed by atoms with Crippen molar-refractivity contribution in [1.82, 2.24) is 4.57 Å². The van der Waals surface area contributed by atoms with Crippen LogP contribution in [-0.2, 0) is 12.8 Å². The van der Waals surface area contributed by atoms with Gasteiger partial charge in [0.05, 0.1) is 0 Å². The Morgan fingerprint density at radius 3 is 2.59 bits per heavy atom. The zero-order valence-electron chi connectivity index (χ0n) is 10.0. The minimum atomic E-state index is 0.798. The third kappa shape index (κ3) is 1.45. The molecule has 86 valence electrons. The zero-order chi connectivity index (χ0) is 11.2. The number of aryl methyl sites for hydroxylation is 1. The quantitative estimate of drug-likeness (QED) is 0.725. The number of rotatable bonds is 2. The van der Waals surface area contributed by atoms with E-state index in [-0.39, 0.29) is 0 Å². The molecule has 2 aromatic rings. The summed E-state index contributed by atoms with van der Waals surface area (Å²) in [6.07, 6.45) is 6.68. The van der Waals surface area contributed by atoms with Gasteiger partial charge in [-0.3, -0.25) is 0 Å². The largest absolute Gasteiger partial charge is 0.341 e. The first-order valence-electron chi connectivity index (χ1n) is 6.72. The van der Waals surface area contributed by atoms with Crippen molar-refractivity contribution in [2.75, 3.05) is 0 Å². The molecule has 1 heteroatoms. The molecule has 17 heavy (non-hydrogen) atoms. The van der Waals surface area contributed by atoms with E-state index in [1.165, 1.54) is 43.4 Å². The summed E-state index contributed by atoms with van der Waals surface area (Å²) in [7, 11) is 0. The Morgan fingerprint density at radius 2 is 1.82 bits per heavy atom. The van der Waals surface area contributed by atoms with Crippen LogP contribution in [-0.4, -0.2) is 4.57 Å². The molecule has 1 saturated carbocycles. The monoisotopic (exact) mass is 223 g/mol. The molecule has 2 aliphatic carbocycles. The van der Waals surface area contributed by atoms with Crippen LogP contribution >= 0.6 is 0 Å². The lowest BCUT2D eigenvalue weighted by atomic mass is 10.1. The molecule has 1 aromatic carbocycles. The molecular weight excluding hydrogens is 206 g/mol. The fourth-order valence-electron chi connectivity index (χ4n) is 3.14. The van der Waals surface area contributed by atoms with Crippen LogP contribution in [0.2, 0.25) is 0 Å². The predicted octanol–water partition coefficient (Wildman–Crippen LogP) is 3.98. The maximum Gasteiger partial charge on any atom is 0.0487 e. The third-order valence-electron chi connectivity index (χ3n) is 4.07. The van der Waals surface area contributed by atoms with Crippen LogP contribution in [0.25, 0.3) is 11.3 Å². The minimum Gasteiger partial charge on any atom is -0.341 e. The van der Waals surface area contributed by atoms with E-state index in [1.807, 2.05) is 0 Å². The van der Waals surface area contributed by atoms with E-state index in [4.69, 9.17) is 0 Å². The number of benzene rings is 1. The molecule has 0 amide bonds. The van der Waals surface area contributed by atoms with Crippen molar-refractivity contribution in [3.05, 3.63) is 47.7 Å². The van der Waals surface area contributed by atoms with Crippen molar-refractivity contribution in [1.29, 1.82) is 0 Å². The number of nitrogens with zero attached hydrogens (tertiary/aromatic N) is 1. The van der Waals surface area contributed by atoms with Crippen LogP contribution in [0.15, 0.2) is 36.4 Å². The van der Waals surface area contributed by atoms with Crippen molar-refractivity contribution in [3.63, 3.8) is 0 Å². The van der Waals surface area contributed by atoms with E-state index < -0.39 is 0 Å². The van der Waals surface area contributed by atoms with Crippen molar-refractivity contribution in [3.8, 4) is 11.3 Å². The smallest absolute Gasteiger partial charge is 0.0487 e. The Kier molecular flexibility index (Phi) is 1.96. The standard InChI is InChI=1S/C16H17N/c1-2-5-12(6-3-1)16-11-13-7-4-8-15(13)17(16)14-9-10-14/h1-3,5-6,11,14H,4,7-10H2. The molecule has 1 aromatic heterocycles. The summed E-state index contributed by atoms with van der Waals surface area (Å²) in [4.78, 5) is 0. The lowest BCUT2D eigenvalue weighted by Gasteiger charge is -2.11. The fourth-order valence-corrected chi connectivity index (χ4v) is 3.14. The van der Waals surface area contributed by atoms with Crippen molar-refractivity contribution < 1.29 is 0 Å². The van der Waals surface area contributed by atoms with Gasteiger partial charge in [-0.15, -0.1) is 0 Å². The SMILES string of the molecule is c1ccc(-c2cc3c(n2C2CC2)CCC3)cc1. The lowest BCUT2D eigenvalue weighted by molar-refractivity contribution is 0.705. The number of hydrogen-bond acceptors (Lipinski definition) is 0. The molecule has 0 atom stereocenters. The Bertz CT molecular complexity index is 546. The van der Waals surface area contributed by atoms with Crippen molar-refractivity contribution in [2.24, 2.45) is 0 Å². The van der Waals surface area contributed by atoms with E-state index in [9.17, 15) is 0 Å². The summed E-state index contributed by atoms with van der Waals surface area (Å²) in [5.74, 6) is 0. The maximum atomic E-state index is 2.64. The fraction of sp³-hybridized carbons (Fsp3) is 0.375. The molecule has 1 fully saturated rings. The topological polar surface area (TPSA) is 4.93 Å². The number of aromatic nitrogens is 1. The molecule has 0 radical (unpaired) electrons. The number of fused-ring (bicyclic) bond motifs is 1. The van der Waals surface area contributed by atoms with Crippen LogP contribution in [0.4, 0.5) is 0 Å². The van der Waals surface area contributed by atoms with Gasteiger partial charge in [-0.05, 0) is 49.3 Å². The summed E-state index contributed by atoms with van der Waals surface area (Å²) >= 11 is 0. The highest BCUT2D eigenvalue weighted by Crippen LogP contribution is 2.43. The van der Waals surface area contributed by atoms with Gasteiger partial charge in [0.2, 0.25) is 0 Å². The summed E-state index contributed by atoms with van der Waals surface area (Å²) < 4.78 is 2.64. The van der Waals surface area contributed by atoms with E-state index in [2.05, 4.69) is 41.0 Å². The molecule has 2 aliphatic rings. The van der Waals surface area contributed by atoms with Gasteiger partial charge in [0, 0.05) is 17.4 Å². The van der Waals surface area contributed by atoms with Crippen LogP contribution in [0.3, 0.4) is 0 Å². The van der Waals surface area contributed by atoms with Crippen LogP contribution in [0.5, 0.6) is 0 Å². The van der Waals surface area contributed by atoms with Gasteiger partial charge in [0.25, 0.3) is 0 Å². The van der Waals surface area contributed by atoms with Crippen LogP contribution < -0.4 is 0 Å². The summed E-state index contributed by atoms with van der Waals surface area (Å²) in [6, 6.07) is 14.1. The molecule has 0 unspecified atom stereocenters. The van der Waals surface area contributed by atoms with Gasteiger partial charge in [-0.1, -0.05) is 30.3 Å². The summed E-state index contributed by atoms with van der Waals surface area (Å²) in [5.41, 5.74) is 6.08. The van der Waals surface area contributed by atoms with Gasteiger partial charge < -0.3 is 4.57 Å². The second-order valence-corrected chi connectivity index (χ2v) is 5.32. The summed E-state index contributed by atoms with van der Waals surface area (Å²) in [5, 5.41) is 0.